The first kappa shape index (κ1) is 21.3. The minimum atomic E-state index is 0.538. The number of hydrogen-bond donors (Lipinski definition) is 2. The molecule has 0 aromatic heterocycles. The first-order valence-corrected chi connectivity index (χ1v) is 10.8. The van der Waals surface area contributed by atoms with Crippen LogP contribution in [0.15, 0.2) is 48.5 Å². The quantitative estimate of drug-likeness (QED) is 0.413. The van der Waals surface area contributed by atoms with Gasteiger partial charge in [-0.25, -0.2) is 0 Å². The molecule has 2 nitrogen and oxygen atoms in total. The lowest BCUT2D eigenvalue weighted by molar-refractivity contribution is 0.645. The van der Waals surface area contributed by atoms with Crippen LogP contribution in [-0.2, 0) is 6.42 Å². The lowest BCUT2D eigenvalue weighted by Crippen LogP contribution is -2.14. The molecule has 2 aromatic rings. The monoisotopic (exact) mass is 366 g/mol. The fourth-order valence-electron chi connectivity index (χ4n) is 3.41. The maximum absolute atomic E-state index is 3.60. The summed E-state index contributed by atoms with van der Waals surface area (Å²) in [7, 11) is 0. The molecule has 0 spiro atoms. The summed E-state index contributed by atoms with van der Waals surface area (Å²) >= 11 is 0. The topological polar surface area (TPSA) is 24.1 Å². The molecule has 0 saturated carbocycles. The molecule has 0 saturated heterocycles. The van der Waals surface area contributed by atoms with Crippen molar-refractivity contribution in [3.05, 3.63) is 59.7 Å². The van der Waals surface area contributed by atoms with E-state index in [0.717, 1.165) is 6.42 Å². The second-order valence-corrected chi connectivity index (χ2v) is 7.95. The van der Waals surface area contributed by atoms with Crippen LogP contribution in [0.4, 0.5) is 11.4 Å². The van der Waals surface area contributed by atoms with E-state index in [1.54, 1.807) is 0 Å². The third-order valence-electron chi connectivity index (χ3n) is 5.12. The molecule has 2 aromatic carbocycles. The number of hydrogen-bond acceptors (Lipinski definition) is 2. The minimum Gasteiger partial charge on any atom is -0.383 e. The lowest BCUT2D eigenvalue weighted by Gasteiger charge is -2.16. The van der Waals surface area contributed by atoms with Crippen LogP contribution >= 0.6 is 0 Å². The number of benzene rings is 2. The van der Waals surface area contributed by atoms with Crippen molar-refractivity contribution in [3.63, 3.8) is 0 Å². The second-order valence-electron chi connectivity index (χ2n) is 7.95. The van der Waals surface area contributed by atoms with Gasteiger partial charge in [-0.2, -0.15) is 0 Å². The van der Waals surface area contributed by atoms with Crippen LogP contribution in [0.25, 0.3) is 0 Å². The van der Waals surface area contributed by atoms with Crippen molar-refractivity contribution in [1.82, 2.24) is 0 Å². The Bertz CT molecular complexity index is 573. The SMILES string of the molecule is CCCCC(C)Nc1ccc(Cc2ccc(NC(C)CCCC)cc2)cc1. The Kier molecular flexibility index (Phi) is 9.24. The lowest BCUT2D eigenvalue weighted by atomic mass is 10.0. The Morgan fingerprint density at radius 1 is 0.630 bits per heavy atom. The van der Waals surface area contributed by atoms with Crippen LogP contribution in [0.5, 0.6) is 0 Å². The average Bonchev–Trinajstić information content (AvgIpc) is 2.68. The first-order chi connectivity index (χ1) is 13.1. The molecule has 0 aliphatic heterocycles. The molecular weight excluding hydrogens is 328 g/mol. The smallest absolute Gasteiger partial charge is 0.0342 e. The van der Waals surface area contributed by atoms with Crippen molar-refractivity contribution < 1.29 is 0 Å². The van der Waals surface area contributed by atoms with Gasteiger partial charge in [0.25, 0.3) is 0 Å². The highest BCUT2D eigenvalue weighted by atomic mass is 14.9. The van der Waals surface area contributed by atoms with E-state index < -0.39 is 0 Å². The van der Waals surface area contributed by atoms with E-state index >= 15 is 0 Å². The van der Waals surface area contributed by atoms with E-state index in [2.05, 4.69) is 86.9 Å². The first-order valence-electron chi connectivity index (χ1n) is 10.8. The van der Waals surface area contributed by atoms with Gasteiger partial charge >= 0.3 is 0 Å². The van der Waals surface area contributed by atoms with Crippen LogP contribution in [0.1, 0.15) is 77.3 Å². The molecule has 2 unspecified atom stereocenters. The zero-order chi connectivity index (χ0) is 19.5. The summed E-state index contributed by atoms with van der Waals surface area (Å²) in [5.41, 5.74) is 5.17. The predicted octanol–water partition coefficient (Wildman–Crippen LogP) is 7.26. The van der Waals surface area contributed by atoms with Gasteiger partial charge in [0, 0.05) is 23.5 Å². The summed E-state index contributed by atoms with van der Waals surface area (Å²) < 4.78 is 0. The molecule has 0 radical (unpaired) electrons. The fourth-order valence-corrected chi connectivity index (χ4v) is 3.41. The number of unbranched alkanes of at least 4 members (excludes halogenated alkanes) is 2. The Labute approximate surface area is 166 Å². The molecule has 2 atom stereocenters. The Balaban J connectivity index is 1.84. The highest BCUT2D eigenvalue weighted by Crippen LogP contribution is 2.18. The van der Waals surface area contributed by atoms with Gasteiger partial charge in [0.05, 0.1) is 0 Å². The molecule has 27 heavy (non-hydrogen) atoms. The average molecular weight is 367 g/mol. The normalized spacial score (nSPS) is 13.2. The molecule has 2 N–H and O–H groups in total. The number of anilines is 2. The molecule has 0 fully saturated rings. The summed E-state index contributed by atoms with van der Waals surface area (Å²) in [6, 6.07) is 18.9. The van der Waals surface area contributed by atoms with E-state index in [-0.39, 0.29) is 0 Å². The van der Waals surface area contributed by atoms with Crippen molar-refractivity contribution >= 4 is 11.4 Å². The van der Waals surface area contributed by atoms with Crippen LogP contribution in [0.2, 0.25) is 0 Å². The Morgan fingerprint density at radius 2 is 1.00 bits per heavy atom. The standard InChI is InChI=1S/C25H38N2/c1-5-7-9-20(3)26-24-15-11-22(12-16-24)19-23-13-17-25(18-14-23)27-21(4)10-8-6-2/h11-18,20-21,26-27H,5-10,19H2,1-4H3. The summed E-state index contributed by atoms with van der Waals surface area (Å²) in [6.07, 6.45) is 8.54. The third kappa shape index (κ3) is 8.07. The van der Waals surface area contributed by atoms with E-state index in [1.807, 2.05) is 0 Å². The second kappa shape index (κ2) is 11.7. The zero-order valence-corrected chi connectivity index (χ0v) is 17.7. The fraction of sp³-hybridized carbons (Fsp3) is 0.520. The highest BCUT2D eigenvalue weighted by molar-refractivity contribution is 5.48. The largest absolute Gasteiger partial charge is 0.383 e. The molecular formula is C25H38N2. The Hall–Kier alpha value is -1.96. The van der Waals surface area contributed by atoms with E-state index in [9.17, 15) is 0 Å². The Morgan fingerprint density at radius 3 is 1.33 bits per heavy atom. The van der Waals surface area contributed by atoms with Gasteiger partial charge in [0.15, 0.2) is 0 Å². The van der Waals surface area contributed by atoms with Gasteiger partial charge in [0.2, 0.25) is 0 Å². The van der Waals surface area contributed by atoms with Crippen LogP contribution in [0, 0.1) is 0 Å². The summed E-state index contributed by atoms with van der Waals surface area (Å²) in [6.45, 7) is 9.03. The molecule has 0 heterocycles. The summed E-state index contributed by atoms with van der Waals surface area (Å²) in [5, 5.41) is 7.20. The van der Waals surface area contributed by atoms with Gasteiger partial charge in [-0.1, -0.05) is 63.8 Å². The van der Waals surface area contributed by atoms with Gasteiger partial charge < -0.3 is 10.6 Å². The maximum Gasteiger partial charge on any atom is 0.0342 e. The van der Waals surface area contributed by atoms with Gasteiger partial charge in [-0.05, 0) is 68.5 Å². The third-order valence-corrected chi connectivity index (χ3v) is 5.12. The molecule has 0 aliphatic carbocycles. The summed E-state index contributed by atoms with van der Waals surface area (Å²) in [5.74, 6) is 0. The molecule has 0 bridgehead atoms. The van der Waals surface area contributed by atoms with E-state index in [0.29, 0.717) is 12.1 Å². The molecule has 2 heteroatoms. The molecule has 2 rings (SSSR count). The highest BCUT2D eigenvalue weighted by Gasteiger charge is 2.04. The maximum atomic E-state index is 3.60. The number of nitrogens with one attached hydrogen (secondary N) is 2. The predicted molar refractivity (Wildman–Crippen MR) is 121 cm³/mol. The molecule has 148 valence electrons. The van der Waals surface area contributed by atoms with Crippen LogP contribution in [0.3, 0.4) is 0 Å². The van der Waals surface area contributed by atoms with Gasteiger partial charge in [0.1, 0.15) is 0 Å². The zero-order valence-electron chi connectivity index (χ0n) is 17.7. The van der Waals surface area contributed by atoms with Crippen molar-refractivity contribution in [2.45, 2.75) is 84.7 Å². The van der Waals surface area contributed by atoms with E-state index in [1.165, 1.54) is 61.0 Å². The van der Waals surface area contributed by atoms with E-state index in [4.69, 9.17) is 0 Å². The minimum absolute atomic E-state index is 0.538. The van der Waals surface area contributed by atoms with Crippen LogP contribution < -0.4 is 10.6 Å². The van der Waals surface area contributed by atoms with Crippen molar-refractivity contribution in [2.24, 2.45) is 0 Å². The van der Waals surface area contributed by atoms with Crippen molar-refractivity contribution in [2.75, 3.05) is 10.6 Å². The van der Waals surface area contributed by atoms with Crippen molar-refractivity contribution in [1.29, 1.82) is 0 Å². The molecule has 0 aliphatic rings. The summed E-state index contributed by atoms with van der Waals surface area (Å²) in [4.78, 5) is 0. The van der Waals surface area contributed by atoms with Gasteiger partial charge in [-0.15, -0.1) is 0 Å². The molecule has 0 amide bonds. The van der Waals surface area contributed by atoms with Crippen molar-refractivity contribution in [3.8, 4) is 0 Å². The number of rotatable bonds is 12. The van der Waals surface area contributed by atoms with Gasteiger partial charge in [-0.3, -0.25) is 0 Å². The van der Waals surface area contributed by atoms with Crippen LogP contribution in [-0.4, -0.2) is 12.1 Å².